The number of benzene rings is 8. The molecule has 420 valence electrons. The van der Waals surface area contributed by atoms with E-state index in [2.05, 4.69) is 30.1 Å². The Labute approximate surface area is 490 Å². The molecule has 0 bridgehead atoms. The molecule has 0 saturated carbocycles. The van der Waals surface area contributed by atoms with E-state index >= 15 is 0 Å². The average Bonchev–Trinajstić information content (AvgIpc) is 4.42. The third-order valence-electron chi connectivity index (χ3n) is 14.4. The van der Waals surface area contributed by atoms with Crippen LogP contribution in [0.15, 0.2) is 215 Å². The Bertz CT molecular complexity index is 3640. The Morgan fingerprint density at radius 3 is 1.30 bits per heavy atom. The van der Waals surface area contributed by atoms with Gasteiger partial charge in [-0.2, -0.15) is 9.97 Å². The predicted octanol–water partition coefficient (Wildman–Crippen LogP) is 14.8. The molecule has 10 aromatic rings. The van der Waals surface area contributed by atoms with E-state index in [1.807, 2.05) is 170 Å². The first-order valence-corrected chi connectivity index (χ1v) is 28.3. The second-order valence-corrected chi connectivity index (χ2v) is 20.8. The molecule has 0 N–H and O–H groups in total. The minimum atomic E-state index is -1.38. The van der Waals surface area contributed by atoms with Gasteiger partial charge in [-0.15, -0.1) is 23.2 Å². The van der Waals surface area contributed by atoms with Crippen molar-refractivity contribution >= 4 is 35.1 Å². The molecule has 0 amide bonds. The monoisotopic (exact) mass is 1150 g/mol. The van der Waals surface area contributed by atoms with E-state index in [0.717, 1.165) is 64.1 Å². The number of rotatable bonds is 20. The van der Waals surface area contributed by atoms with Gasteiger partial charge >= 0.3 is 11.9 Å². The summed E-state index contributed by atoms with van der Waals surface area (Å²) in [5, 5.41) is 8.20. The molecular weight excluding hydrogens is 1090 g/mol. The second-order valence-electron chi connectivity index (χ2n) is 20.0. The maximum Gasteiger partial charge on any atom is 0.323 e. The zero-order valence-electron chi connectivity index (χ0n) is 45.3. The fourth-order valence-electron chi connectivity index (χ4n) is 9.77. The molecule has 12 nitrogen and oxygen atoms in total. The molecule has 2 aromatic heterocycles. The Kier molecular flexibility index (Phi) is 19.3. The van der Waals surface area contributed by atoms with Crippen molar-refractivity contribution in [3.8, 4) is 67.9 Å². The molecule has 16 heteroatoms. The van der Waals surface area contributed by atoms with E-state index in [-0.39, 0.29) is 49.5 Å². The first kappa shape index (κ1) is 57.6. The number of ether oxygens (including phenoxy) is 2. The normalized spacial score (nSPS) is 13.0. The Morgan fingerprint density at radius 2 is 0.892 bits per heavy atom. The van der Waals surface area contributed by atoms with Gasteiger partial charge < -0.3 is 18.5 Å². The van der Waals surface area contributed by atoms with Crippen molar-refractivity contribution in [2.45, 2.75) is 39.1 Å². The Morgan fingerprint density at radius 1 is 0.494 bits per heavy atom. The fourth-order valence-corrected chi connectivity index (χ4v) is 10.2. The highest BCUT2D eigenvalue weighted by Gasteiger charge is 2.51. The molecule has 83 heavy (non-hydrogen) atoms. The smallest absolute Gasteiger partial charge is 0.323 e. The Hall–Kier alpha value is -8.66. The highest BCUT2D eigenvalue weighted by Crippen LogP contribution is 2.37. The van der Waals surface area contributed by atoms with Crippen LogP contribution in [0.4, 0.5) is 8.78 Å². The van der Waals surface area contributed by atoms with Crippen LogP contribution in [-0.2, 0) is 45.4 Å². The molecule has 0 aliphatic carbocycles. The fraction of sp³-hybridized carbons (Fsp3) is 0.194. The first-order valence-electron chi connectivity index (χ1n) is 27.2. The maximum absolute atomic E-state index is 15.0. The number of piperidine rings is 1. The van der Waals surface area contributed by atoms with Gasteiger partial charge in [-0.3, -0.25) is 19.4 Å². The summed E-state index contributed by atoms with van der Waals surface area (Å²) in [7, 11) is 0. The average molecular weight is 1150 g/mol. The van der Waals surface area contributed by atoms with E-state index in [9.17, 15) is 18.4 Å². The summed E-state index contributed by atoms with van der Waals surface area (Å²) >= 11 is 11.7. The van der Waals surface area contributed by atoms with Crippen molar-refractivity contribution in [2.24, 2.45) is 5.41 Å². The lowest BCUT2D eigenvalue weighted by Crippen LogP contribution is -2.50. The standard InChI is InChI=1S/C42H36FN3O5.C25H22Cl2FN3O/c43-37-26-35(20-21-36(37)33-14-8-3-9-15-33)39-44-38(45-51-39)34-18-16-30(17-19-34)27-46-24-22-42(23-25-46,40(47)49-28-31-10-4-1-5-11-31)41(48)50-29-32-12-6-2-7-13-32;26-12-14-31(15-13-27)17-18-6-8-20(9-7-18)24-29-25(32-30-24)21-10-11-22(23(28)16-21)19-4-2-1-3-5-19/h1-21,26H,22-25,27-29H2;1-11,16H,12-15,17H2. The summed E-state index contributed by atoms with van der Waals surface area (Å²) in [6.07, 6.45) is 0.565. The minimum Gasteiger partial charge on any atom is -0.460 e. The van der Waals surface area contributed by atoms with Crippen molar-refractivity contribution in [1.29, 1.82) is 0 Å². The molecule has 1 aliphatic rings. The lowest BCUT2D eigenvalue weighted by molar-refractivity contribution is -0.178. The van der Waals surface area contributed by atoms with E-state index in [1.165, 1.54) is 12.1 Å². The van der Waals surface area contributed by atoms with E-state index < -0.39 is 17.4 Å². The van der Waals surface area contributed by atoms with Crippen molar-refractivity contribution in [1.82, 2.24) is 30.1 Å². The number of carbonyl (C=O) groups excluding carboxylic acids is 2. The number of aromatic nitrogens is 4. The van der Waals surface area contributed by atoms with Gasteiger partial charge in [0.05, 0.1) is 0 Å². The molecule has 0 radical (unpaired) electrons. The van der Waals surface area contributed by atoms with Crippen LogP contribution in [0.2, 0.25) is 0 Å². The second kappa shape index (κ2) is 27.9. The number of alkyl halides is 2. The number of carbonyl (C=O) groups is 2. The third kappa shape index (κ3) is 14.7. The molecule has 1 aliphatic heterocycles. The number of nitrogens with zero attached hydrogens (tertiary/aromatic N) is 6. The van der Waals surface area contributed by atoms with Gasteiger partial charge in [-0.25, -0.2) is 8.78 Å². The Balaban J connectivity index is 0.000000206. The molecule has 3 heterocycles. The van der Waals surface area contributed by atoms with Gasteiger partial charge in [-0.05, 0) is 70.5 Å². The number of hydrogen-bond donors (Lipinski definition) is 0. The van der Waals surface area contributed by atoms with Crippen LogP contribution in [-0.4, -0.2) is 80.0 Å². The van der Waals surface area contributed by atoms with Crippen LogP contribution in [0.1, 0.15) is 35.1 Å². The molecule has 1 fully saturated rings. The van der Waals surface area contributed by atoms with Crippen LogP contribution >= 0.6 is 23.2 Å². The minimum absolute atomic E-state index is 0.0861. The van der Waals surface area contributed by atoms with Crippen LogP contribution < -0.4 is 0 Å². The summed E-state index contributed by atoms with van der Waals surface area (Å²) in [5.41, 5.74) is 7.77. The van der Waals surface area contributed by atoms with Gasteiger partial charge in [0.15, 0.2) is 5.41 Å². The number of halogens is 4. The summed E-state index contributed by atoms with van der Waals surface area (Å²) in [6, 6.07) is 63.2. The van der Waals surface area contributed by atoms with Crippen LogP contribution in [0.25, 0.3) is 67.9 Å². The molecule has 0 atom stereocenters. The van der Waals surface area contributed by atoms with Crippen molar-refractivity contribution in [3.05, 3.63) is 240 Å². The molecule has 0 unspecified atom stereocenters. The molecular formula is C67H58Cl2F2N6O6. The molecule has 0 spiro atoms. The van der Waals surface area contributed by atoms with Crippen molar-refractivity contribution < 1.29 is 36.9 Å². The molecule has 11 rings (SSSR count). The third-order valence-corrected chi connectivity index (χ3v) is 14.7. The summed E-state index contributed by atoms with van der Waals surface area (Å²) < 4.78 is 52.0. The van der Waals surface area contributed by atoms with E-state index in [4.69, 9.17) is 41.7 Å². The maximum atomic E-state index is 15.0. The zero-order valence-corrected chi connectivity index (χ0v) is 46.8. The number of hydrogen-bond acceptors (Lipinski definition) is 12. The largest absolute Gasteiger partial charge is 0.460 e. The zero-order chi connectivity index (χ0) is 57.4. The lowest BCUT2D eigenvalue weighted by Gasteiger charge is -2.38. The number of likely N-dealkylation sites (tertiary alicyclic amines) is 1. The van der Waals surface area contributed by atoms with Gasteiger partial charge in [0, 0.05) is 84.4 Å². The van der Waals surface area contributed by atoms with Gasteiger partial charge in [0.25, 0.3) is 11.8 Å². The lowest BCUT2D eigenvalue weighted by atomic mass is 9.78. The summed E-state index contributed by atoms with van der Waals surface area (Å²) in [4.78, 5) is 40.6. The summed E-state index contributed by atoms with van der Waals surface area (Å²) in [6.45, 7) is 4.15. The topological polar surface area (TPSA) is 137 Å². The predicted molar refractivity (Wildman–Crippen MR) is 317 cm³/mol. The summed E-state index contributed by atoms with van der Waals surface area (Å²) in [5.74, 6) is 0.674. The van der Waals surface area contributed by atoms with Crippen LogP contribution in [0, 0.1) is 17.0 Å². The van der Waals surface area contributed by atoms with Gasteiger partial charge in [0.2, 0.25) is 11.6 Å². The van der Waals surface area contributed by atoms with E-state index in [1.54, 1.807) is 24.3 Å². The quantitative estimate of drug-likeness (QED) is 0.0408. The van der Waals surface area contributed by atoms with Gasteiger partial charge in [-0.1, -0.05) is 192 Å². The molecule has 8 aromatic carbocycles. The van der Waals surface area contributed by atoms with Crippen LogP contribution in [0.3, 0.4) is 0 Å². The van der Waals surface area contributed by atoms with Crippen molar-refractivity contribution in [2.75, 3.05) is 37.9 Å². The molecule has 1 saturated heterocycles. The first-order chi connectivity index (χ1) is 40.6. The SMILES string of the molecule is Fc1cc(-c2nc(-c3ccc(CN(CCCl)CCCl)cc3)no2)ccc1-c1ccccc1.O=C(OCc1ccccc1)C1(C(=O)OCc2ccccc2)CCN(Cc2ccc(-c3noc(-c4ccc(-c5ccccc5)c(F)c4)n3)cc2)CC1. The highest BCUT2D eigenvalue weighted by atomic mass is 35.5. The van der Waals surface area contributed by atoms with Gasteiger partial charge in [0.1, 0.15) is 24.8 Å². The van der Waals surface area contributed by atoms with Crippen molar-refractivity contribution in [3.63, 3.8) is 0 Å². The van der Waals surface area contributed by atoms with E-state index in [0.29, 0.717) is 65.3 Å². The van der Waals surface area contributed by atoms with Crippen LogP contribution in [0.5, 0.6) is 0 Å². The highest BCUT2D eigenvalue weighted by molar-refractivity contribution is 6.18. The number of esters is 2.